The van der Waals surface area contributed by atoms with Crippen molar-refractivity contribution in [3.63, 3.8) is 0 Å². The van der Waals surface area contributed by atoms with E-state index in [4.69, 9.17) is 10.7 Å². The number of aliphatic hydroxyl groups excluding tert-OH is 1. The van der Waals surface area contributed by atoms with Gasteiger partial charge >= 0.3 is 0 Å². The zero-order chi connectivity index (χ0) is 25.4. The third-order valence-corrected chi connectivity index (χ3v) is 7.39. The van der Waals surface area contributed by atoms with Gasteiger partial charge in [0, 0.05) is 48.4 Å². The lowest BCUT2D eigenvalue weighted by Gasteiger charge is -2.33. The maximum absolute atomic E-state index is 13.7. The Morgan fingerprint density at radius 2 is 2.08 bits per heavy atom. The molecule has 0 aliphatic carbocycles. The van der Waals surface area contributed by atoms with Gasteiger partial charge < -0.3 is 21.1 Å². The standard InChI is InChI=1S/C25H27BrFN7O2/c1-14(35)8-22(36)33-6-4-18(5-7-33)29-13-21-23(26)24(28)34-25(32-21)19(12-31-34)16-9-15-10-17(27)2-3-20(15)30-11-16/h2-3,9-12,14,18,29,35H,4-8,13,28H2,1H3/t14-/m1/s1. The molecule has 0 radical (unpaired) electrons. The highest BCUT2D eigenvalue weighted by Crippen LogP contribution is 2.31. The molecule has 0 unspecified atom stereocenters. The Morgan fingerprint density at radius 1 is 1.31 bits per heavy atom. The number of piperidine rings is 1. The van der Waals surface area contributed by atoms with Crippen LogP contribution in [0.4, 0.5) is 10.2 Å². The predicted molar refractivity (Wildman–Crippen MR) is 139 cm³/mol. The summed E-state index contributed by atoms with van der Waals surface area (Å²) in [6.07, 6.45) is 4.57. The SMILES string of the molecule is C[C@@H](O)CC(=O)N1CCC(NCc2nc3c(-c4cnc5ccc(F)cc5c4)cnn3c(N)c2Br)CC1. The van der Waals surface area contributed by atoms with E-state index in [-0.39, 0.29) is 24.2 Å². The molecule has 1 saturated heterocycles. The van der Waals surface area contributed by atoms with Gasteiger partial charge in [0.1, 0.15) is 11.6 Å². The predicted octanol–water partition coefficient (Wildman–Crippen LogP) is 3.28. The molecule has 36 heavy (non-hydrogen) atoms. The van der Waals surface area contributed by atoms with Crippen molar-refractivity contribution >= 4 is 44.2 Å². The molecule has 4 heterocycles. The minimum atomic E-state index is -0.628. The van der Waals surface area contributed by atoms with Crippen LogP contribution >= 0.6 is 15.9 Å². The molecule has 0 spiro atoms. The zero-order valence-electron chi connectivity index (χ0n) is 19.8. The summed E-state index contributed by atoms with van der Waals surface area (Å²) in [5.41, 5.74) is 9.93. The number of aromatic nitrogens is 4. The molecule has 1 aliphatic rings. The van der Waals surface area contributed by atoms with Crippen molar-refractivity contribution in [1.82, 2.24) is 29.8 Å². The summed E-state index contributed by atoms with van der Waals surface area (Å²) in [5.74, 6) is 0.103. The Morgan fingerprint density at radius 3 is 2.83 bits per heavy atom. The Kier molecular flexibility index (Phi) is 6.87. The van der Waals surface area contributed by atoms with E-state index in [1.54, 1.807) is 29.9 Å². The van der Waals surface area contributed by atoms with Gasteiger partial charge in [-0.05, 0) is 60.0 Å². The minimum Gasteiger partial charge on any atom is -0.393 e. The molecular formula is C25H27BrFN7O2. The molecule has 4 aromatic rings. The number of carbonyl (C=O) groups is 1. The summed E-state index contributed by atoms with van der Waals surface area (Å²) in [7, 11) is 0. The number of fused-ring (bicyclic) bond motifs is 2. The fourth-order valence-electron chi connectivity index (χ4n) is 4.57. The number of hydrogen-bond donors (Lipinski definition) is 3. The Bertz CT molecular complexity index is 1430. The van der Waals surface area contributed by atoms with Crippen molar-refractivity contribution in [2.24, 2.45) is 0 Å². The van der Waals surface area contributed by atoms with Gasteiger partial charge in [-0.3, -0.25) is 9.78 Å². The number of nitrogens with two attached hydrogens (primary N) is 1. The molecule has 1 atom stereocenters. The van der Waals surface area contributed by atoms with E-state index < -0.39 is 6.10 Å². The summed E-state index contributed by atoms with van der Waals surface area (Å²) in [6, 6.07) is 6.59. The first kappa shape index (κ1) is 24.5. The van der Waals surface area contributed by atoms with Crippen LogP contribution in [0.2, 0.25) is 0 Å². The summed E-state index contributed by atoms with van der Waals surface area (Å²) >= 11 is 3.56. The van der Waals surface area contributed by atoms with Crippen LogP contribution in [0.5, 0.6) is 0 Å². The molecule has 188 valence electrons. The van der Waals surface area contributed by atoms with Crippen LogP contribution in [0.1, 0.15) is 31.9 Å². The van der Waals surface area contributed by atoms with Crippen LogP contribution in [0.25, 0.3) is 27.7 Å². The van der Waals surface area contributed by atoms with E-state index in [0.29, 0.717) is 46.5 Å². The van der Waals surface area contributed by atoms with Gasteiger partial charge in [0.15, 0.2) is 5.65 Å². The molecule has 1 fully saturated rings. The molecule has 9 nitrogen and oxygen atoms in total. The summed E-state index contributed by atoms with van der Waals surface area (Å²) < 4.78 is 16.0. The number of nitrogen functional groups attached to an aromatic ring is 1. The number of nitrogens with zero attached hydrogens (tertiary/aromatic N) is 5. The smallest absolute Gasteiger partial charge is 0.225 e. The van der Waals surface area contributed by atoms with Crippen LogP contribution in [-0.2, 0) is 11.3 Å². The van der Waals surface area contributed by atoms with Gasteiger partial charge in [-0.25, -0.2) is 9.37 Å². The van der Waals surface area contributed by atoms with E-state index in [9.17, 15) is 14.3 Å². The van der Waals surface area contributed by atoms with Gasteiger partial charge in [-0.15, -0.1) is 0 Å². The Balaban J connectivity index is 1.35. The zero-order valence-corrected chi connectivity index (χ0v) is 21.4. The number of likely N-dealkylation sites (tertiary alicyclic amines) is 1. The number of hydrogen-bond acceptors (Lipinski definition) is 7. The second-order valence-corrected chi connectivity index (χ2v) is 9.99. The number of aliphatic hydroxyl groups is 1. The molecule has 5 rings (SSSR count). The number of carbonyl (C=O) groups excluding carboxylic acids is 1. The van der Waals surface area contributed by atoms with Gasteiger partial charge in [0.05, 0.1) is 34.4 Å². The van der Waals surface area contributed by atoms with Crippen molar-refractivity contribution in [2.75, 3.05) is 18.8 Å². The van der Waals surface area contributed by atoms with Gasteiger partial charge in [-0.2, -0.15) is 9.61 Å². The molecule has 11 heteroatoms. The number of nitrogens with one attached hydrogen (secondary N) is 1. The average molecular weight is 556 g/mol. The fraction of sp³-hybridized carbons (Fsp3) is 0.360. The second-order valence-electron chi connectivity index (χ2n) is 9.20. The monoisotopic (exact) mass is 555 g/mol. The summed E-state index contributed by atoms with van der Waals surface area (Å²) in [6.45, 7) is 3.42. The van der Waals surface area contributed by atoms with Crippen molar-refractivity contribution in [3.05, 3.63) is 52.6 Å². The van der Waals surface area contributed by atoms with Crippen molar-refractivity contribution in [1.29, 1.82) is 0 Å². The van der Waals surface area contributed by atoms with Gasteiger partial charge in [0.2, 0.25) is 5.91 Å². The van der Waals surface area contributed by atoms with Crippen LogP contribution in [0, 0.1) is 5.82 Å². The van der Waals surface area contributed by atoms with Crippen molar-refractivity contribution < 1.29 is 14.3 Å². The quantitative estimate of drug-likeness (QED) is 0.333. The third-order valence-electron chi connectivity index (χ3n) is 6.52. The highest BCUT2D eigenvalue weighted by atomic mass is 79.9. The van der Waals surface area contributed by atoms with E-state index >= 15 is 0 Å². The minimum absolute atomic E-state index is 0.00901. The first-order chi connectivity index (χ1) is 17.3. The third kappa shape index (κ3) is 4.91. The number of benzene rings is 1. The van der Waals surface area contributed by atoms with E-state index in [1.807, 2.05) is 11.0 Å². The average Bonchev–Trinajstić information content (AvgIpc) is 3.28. The summed E-state index contributed by atoms with van der Waals surface area (Å²) in [5, 5.41) is 18.1. The molecule has 0 saturated carbocycles. The Hall–Kier alpha value is -3.15. The Labute approximate surface area is 215 Å². The van der Waals surface area contributed by atoms with Gasteiger partial charge in [0.25, 0.3) is 0 Å². The molecule has 4 N–H and O–H groups in total. The number of halogens is 2. The fourth-order valence-corrected chi connectivity index (χ4v) is 4.97. The molecule has 3 aromatic heterocycles. The lowest BCUT2D eigenvalue weighted by molar-refractivity contribution is -0.134. The van der Waals surface area contributed by atoms with Crippen LogP contribution in [0.15, 0.2) is 41.1 Å². The maximum Gasteiger partial charge on any atom is 0.225 e. The van der Waals surface area contributed by atoms with Crippen LogP contribution in [-0.4, -0.2) is 60.7 Å². The maximum atomic E-state index is 13.7. The highest BCUT2D eigenvalue weighted by molar-refractivity contribution is 9.10. The first-order valence-corrected chi connectivity index (χ1v) is 12.7. The molecule has 1 aliphatic heterocycles. The molecule has 0 bridgehead atoms. The van der Waals surface area contributed by atoms with Gasteiger partial charge in [-0.1, -0.05) is 0 Å². The number of pyridine rings is 1. The number of amides is 1. The van der Waals surface area contributed by atoms with Crippen molar-refractivity contribution in [2.45, 2.75) is 44.9 Å². The van der Waals surface area contributed by atoms with Crippen LogP contribution in [0.3, 0.4) is 0 Å². The second kappa shape index (κ2) is 10.1. The molecular weight excluding hydrogens is 529 g/mol. The van der Waals surface area contributed by atoms with Crippen LogP contribution < -0.4 is 11.1 Å². The van der Waals surface area contributed by atoms with Crippen molar-refractivity contribution in [3.8, 4) is 11.1 Å². The molecule has 1 amide bonds. The number of anilines is 1. The van der Waals surface area contributed by atoms with E-state index in [1.165, 1.54) is 12.1 Å². The lowest BCUT2D eigenvalue weighted by Crippen LogP contribution is -2.45. The molecule has 1 aromatic carbocycles. The summed E-state index contributed by atoms with van der Waals surface area (Å²) in [4.78, 5) is 23.3. The highest BCUT2D eigenvalue weighted by Gasteiger charge is 2.24. The largest absolute Gasteiger partial charge is 0.393 e. The first-order valence-electron chi connectivity index (χ1n) is 11.9. The van der Waals surface area contributed by atoms with E-state index in [0.717, 1.165) is 29.7 Å². The number of rotatable bonds is 6. The van der Waals surface area contributed by atoms with E-state index in [2.05, 4.69) is 31.3 Å². The topological polar surface area (TPSA) is 122 Å². The lowest BCUT2D eigenvalue weighted by atomic mass is 10.0. The normalized spacial score (nSPS) is 15.6.